The van der Waals surface area contributed by atoms with Crippen molar-refractivity contribution in [2.75, 3.05) is 6.61 Å². The van der Waals surface area contributed by atoms with Gasteiger partial charge in [-0.05, 0) is 30.4 Å². The summed E-state index contributed by atoms with van der Waals surface area (Å²) in [5, 5.41) is 22.7. The molecule has 8 heteroatoms. The van der Waals surface area contributed by atoms with Gasteiger partial charge in [-0.1, -0.05) is 91.2 Å². The standard InChI is InChI=1S/C33H53NO7/c1-7-8-9-10-11-12-13-14-15-16-26(36)41-33(34)19-22(3)32-18-21(2)28(37)27(32)29(38)24(20-40-23(4)35)17-25(30(32)39)31(33,5)6/h17-18,22,25,27-29,37-38H,7-16,19-20,34H2,1-6H3/t22-,25?,27?,28?,29?,32?,33-/m1/s1. The molecule has 3 aliphatic carbocycles. The maximum Gasteiger partial charge on any atom is 0.307 e. The van der Waals surface area contributed by atoms with Crippen LogP contribution in [0.1, 0.15) is 112 Å². The Hall–Kier alpha value is -2.03. The van der Waals surface area contributed by atoms with E-state index >= 15 is 0 Å². The van der Waals surface area contributed by atoms with Crippen LogP contribution in [0.5, 0.6) is 0 Å². The molecule has 232 valence electrons. The Morgan fingerprint density at radius 1 is 1.02 bits per heavy atom. The van der Waals surface area contributed by atoms with Crippen LogP contribution in [0.15, 0.2) is 23.3 Å². The number of aliphatic hydroxyl groups excluding tert-OH is 2. The molecule has 8 nitrogen and oxygen atoms in total. The van der Waals surface area contributed by atoms with Crippen molar-refractivity contribution in [1.29, 1.82) is 0 Å². The number of fused-ring (bicyclic) bond motifs is 1. The van der Waals surface area contributed by atoms with Crippen molar-refractivity contribution in [2.45, 2.75) is 130 Å². The van der Waals surface area contributed by atoms with Crippen LogP contribution in [0.4, 0.5) is 0 Å². The normalized spacial score (nSPS) is 34.2. The van der Waals surface area contributed by atoms with E-state index in [1.54, 1.807) is 19.1 Å². The van der Waals surface area contributed by atoms with Crippen molar-refractivity contribution in [3.63, 3.8) is 0 Å². The Kier molecular flexibility index (Phi) is 11.0. The first-order chi connectivity index (χ1) is 19.2. The van der Waals surface area contributed by atoms with E-state index in [4.69, 9.17) is 15.2 Å². The summed E-state index contributed by atoms with van der Waals surface area (Å²) >= 11 is 0. The highest BCUT2D eigenvalue weighted by Crippen LogP contribution is 2.61. The Morgan fingerprint density at radius 3 is 2.20 bits per heavy atom. The summed E-state index contributed by atoms with van der Waals surface area (Å²) in [5.74, 6) is -3.23. The fourth-order valence-corrected chi connectivity index (χ4v) is 7.39. The van der Waals surface area contributed by atoms with Gasteiger partial charge in [0.25, 0.3) is 0 Å². The minimum atomic E-state index is -1.47. The monoisotopic (exact) mass is 575 g/mol. The molecule has 0 aromatic rings. The fourth-order valence-electron chi connectivity index (χ4n) is 7.39. The minimum absolute atomic E-state index is 0.171. The molecule has 0 amide bonds. The predicted octanol–water partition coefficient (Wildman–Crippen LogP) is 5.14. The second-order valence-corrected chi connectivity index (χ2v) is 13.4. The number of Topliss-reactive ketones (excluding diaryl/α,β-unsaturated/α-hetero) is 1. The molecular weight excluding hydrogens is 522 g/mol. The van der Waals surface area contributed by atoms with Crippen LogP contribution in [0.25, 0.3) is 0 Å². The lowest BCUT2D eigenvalue weighted by Crippen LogP contribution is -2.59. The lowest BCUT2D eigenvalue weighted by Gasteiger charge is -2.45. The summed E-state index contributed by atoms with van der Waals surface area (Å²) in [4.78, 5) is 39.3. The number of ether oxygens (including phenoxy) is 2. The van der Waals surface area contributed by atoms with Crippen molar-refractivity contribution in [1.82, 2.24) is 0 Å². The smallest absolute Gasteiger partial charge is 0.307 e. The molecule has 0 aromatic carbocycles. The van der Waals surface area contributed by atoms with E-state index in [-0.39, 0.29) is 31.2 Å². The summed E-state index contributed by atoms with van der Waals surface area (Å²) in [7, 11) is 0. The van der Waals surface area contributed by atoms with Gasteiger partial charge in [0.1, 0.15) is 6.61 Å². The highest BCUT2D eigenvalue weighted by atomic mass is 16.6. The van der Waals surface area contributed by atoms with E-state index in [9.17, 15) is 24.6 Å². The second-order valence-electron chi connectivity index (χ2n) is 13.4. The van der Waals surface area contributed by atoms with Crippen LogP contribution in [0, 0.1) is 28.6 Å². The van der Waals surface area contributed by atoms with Crippen molar-refractivity contribution >= 4 is 17.7 Å². The van der Waals surface area contributed by atoms with Gasteiger partial charge in [0.15, 0.2) is 11.5 Å². The van der Waals surface area contributed by atoms with E-state index in [1.165, 1.54) is 45.4 Å². The molecule has 0 aliphatic heterocycles. The van der Waals surface area contributed by atoms with Gasteiger partial charge in [-0.3, -0.25) is 20.1 Å². The molecule has 7 atom stereocenters. The number of ketones is 1. The summed E-state index contributed by atoms with van der Waals surface area (Å²) in [6.07, 6.45) is 11.9. The summed E-state index contributed by atoms with van der Waals surface area (Å²) in [6.45, 7) is 10.6. The lowest BCUT2D eigenvalue weighted by molar-refractivity contribution is -0.181. The number of hydrogen-bond donors (Lipinski definition) is 3. The maximum atomic E-state index is 14.5. The zero-order chi connectivity index (χ0) is 30.6. The van der Waals surface area contributed by atoms with Gasteiger partial charge < -0.3 is 19.7 Å². The fraction of sp³-hybridized carbons (Fsp3) is 0.788. The zero-order valence-corrected chi connectivity index (χ0v) is 26.0. The van der Waals surface area contributed by atoms with Gasteiger partial charge in [-0.2, -0.15) is 0 Å². The average molecular weight is 576 g/mol. The van der Waals surface area contributed by atoms with E-state index in [0.29, 0.717) is 11.1 Å². The Bertz CT molecular complexity index is 1030. The topological polar surface area (TPSA) is 136 Å². The molecular formula is C33H53NO7. The molecule has 0 radical (unpaired) electrons. The molecule has 1 spiro atoms. The van der Waals surface area contributed by atoms with Crippen LogP contribution < -0.4 is 5.73 Å². The summed E-state index contributed by atoms with van der Waals surface area (Å²) < 4.78 is 11.3. The highest BCUT2D eigenvalue weighted by Gasteiger charge is 2.67. The molecule has 2 bridgehead atoms. The number of aliphatic hydroxyl groups is 2. The first-order valence-corrected chi connectivity index (χ1v) is 15.7. The van der Waals surface area contributed by atoms with Crippen molar-refractivity contribution in [2.24, 2.45) is 34.3 Å². The molecule has 1 fully saturated rings. The van der Waals surface area contributed by atoms with Gasteiger partial charge in [0, 0.05) is 37.0 Å². The maximum absolute atomic E-state index is 14.5. The molecule has 3 rings (SSSR count). The highest BCUT2D eigenvalue weighted by molar-refractivity contribution is 5.94. The summed E-state index contributed by atoms with van der Waals surface area (Å²) in [5.41, 5.74) is 4.20. The van der Waals surface area contributed by atoms with Gasteiger partial charge in [-0.25, -0.2) is 0 Å². The van der Waals surface area contributed by atoms with Crippen molar-refractivity contribution in [3.05, 3.63) is 23.3 Å². The third kappa shape index (κ3) is 6.65. The number of nitrogens with two attached hydrogens (primary N) is 1. The third-order valence-corrected chi connectivity index (χ3v) is 10.2. The minimum Gasteiger partial charge on any atom is -0.461 e. The van der Waals surface area contributed by atoms with Crippen LogP contribution in [0.2, 0.25) is 0 Å². The Morgan fingerprint density at radius 2 is 1.61 bits per heavy atom. The van der Waals surface area contributed by atoms with Gasteiger partial charge in [0.2, 0.25) is 0 Å². The third-order valence-electron chi connectivity index (χ3n) is 10.2. The average Bonchev–Trinajstić information content (AvgIpc) is 3.10. The van der Waals surface area contributed by atoms with E-state index in [0.717, 1.165) is 19.3 Å². The van der Waals surface area contributed by atoms with E-state index in [1.807, 2.05) is 20.8 Å². The first-order valence-electron chi connectivity index (χ1n) is 15.7. The van der Waals surface area contributed by atoms with Crippen LogP contribution >= 0.6 is 0 Å². The molecule has 41 heavy (non-hydrogen) atoms. The van der Waals surface area contributed by atoms with E-state index < -0.39 is 52.5 Å². The number of carbonyl (C=O) groups is 3. The van der Waals surface area contributed by atoms with Crippen LogP contribution in [-0.2, 0) is 23.9 Å². The number of rotatable bonds is 13. The van der Waals surface area contributed by atoms with Crippen molar-refractivity contribution in [3.8, 4) is 0 Å². The van der Waals surface area contributed by atoms with Crippen LogP contribution in [-0.4, -0.2) is 52.5 Å². The van der Waals surface area contributed by atoms with E-state index in [2.05, 4.69) is 6.92 Å². The molecule has 4 N–H and O–H groups in total. The largest absolute Gasteiger partial charge is 0.461 e. The van der Waals surface area contributed by atoms with Gasteiger partial charge in [-0.15, -0.1) is 0 Å². The van der Waals surface area contributed by atoms with Crippen LogP contribution in [0.3, 0.4) is 0 Å². The summed E-state index contributed by atoms with van der Waals surface area (Å²) in [6, 6.07) is 0. The van der Waals surface area contributed by atoms with Gasteiger partial charge >= 0.3 is 11.9 Å². The SMILES string of the molecule is CCCCCCCCCCCC(=O)O[C@]1(N)C[C@@H](C)C23C=C(C)C(O)C2C(O)C(COC(C)=O)=CC(C3=O)C1(C)C. The second kappa shape index (κ2) is 13.5. The number of allylic oxidation sites excluding steroid dienone is 2. The first kappa shape index (κ1) is 33.5. The van der Waals surface area contributed by atoms with Gasteiger partial charge in [0.05, 0.1) is 17.6 Å². The number of unbranched alkanes of at least 4 members (excludes halogenated alkanes) is 8. The molecule has 1 saturated carbocycles. The quantitative estimate of drug-likeness (QED) is 0.119. The molecule has 3 aliphatic rings. The number of carbonyl (C=O) groups excluding carboxylic acids is 3. The molecule has 5 unspecified atom stereocenters. The molecule has 0 aromatic heterocycles. The lowest BCUT2D eigenvalue weighted by atomic mass is 9.62. The molecule has 0 saturated heterocycles. The Labute approximate surface area is 246 Å². The zero-order valence-electron chi connectivity index (χ0n) is 26.0. The van der Waals surface area contributed by atoms with Crippen molar-refractivity contribution < 1.29 is 34.1 Å². The number of hydrogen-bond acceptors (Lipinski definition) is 8. The predicted molar refractivity (Wildman–Crippen MR) is 157 cm³/mol. The molecule has 0 heterocycles. The Balaban J connectivity index is 1.83. The number of esters is 2.